The fourth-order valence-electron chi connectivity index (χ4n) is 3.98. The molecule has 0 aromatic heterocycles. The lowest BCUT2D eigenvalue weighted by Crippen LogP contribution is -2.52. The second-order valence-electron chi connectivity index (χ2n) is 7.56. The summed E-state index contributed by atoms with van der Waals surface area (Å²) in [6, 6.07) is 11.1. The van der Waals surface area contributed by atoms with Gasteiger partial charge in [-0.05, 0) is 41.8 Å². The van der Waals surface area contributed by atoms with Crippen molar-refractivity contribution >= 4 is 0 Å². The van der Waals surface area contributed by atoms with E-state index in [4.69, 9.17) is 14.2 Å². The van der Waals surface area contributed by atoms with E-state index in [0.717, 1.165) is 55.3 Å². The standard InChI is InChI=1S/C23H31FN2O4/c1-28-20-10-18(11-21(13-20)29-2)15-26-8-7-25(16-19(26)6-9-27)14-17-4-5-22(24)23(12-17)30-3/h4-5,10-13,19,27H,6-9,14-16H2,1-3H3/t19-/m0/s1. The summed E-state index contributed by atoms with van der Waals surface area (Å²) in [5.74, 6) is 1.46. The van der Waals surface area contributed by atoms with Gasteiger partial charge < -0.3 is 19.3 Å². The normalized spacial score (nSPS) is 17.7. The maximum absolute atomic E-state index is 13.7. The minimum absolute atomic E-state index is 0.140. The summed E-state index contributed by atoms with van der Waals surface area (Å²) in [5, 5.41) is 9.60. The van der Waals surface area contributed by atoms with Crippen molar-refractivity contribution in [2.24, 2.45) is 0 Å². The number of benzene rings is 2. The molecule has 0 spiro atoms. The highest BCUT2D eigenvalue weighted by molar-refractivity contribution is 5.38. The van der Waals surface area contributed by atoms with E-state index in [0.29, 0.717) is 6.42 Å². The van der Waals surface area contributed by atoms with E-state index in [9.17, 15) is 9.50 Å². The van der Waals surface area contributed by atoms with Crippen LogP contribution in [0, 0.1) is 5.82 Å². The third kappa shape index (κ3) is 5.62. The number of rotatable bonds is 9. The van der Waals surface area contributed by atoms with Crippen LogP contribution in [0.2, 0.25) is 0 Å². The molecule has 3 rings (SSSR count). The molecule has 164 valence electrons. The number of aliphatic hydroxyl groups excluding tert-OH is 1. The lowest BCUT2D eigenvalue weighted by Gasteiger charge is -2.41. The van der Waals surface area contributed by atoms with Gasteiger partial charge in [0.25, 0.3) is 0 Å². The van der Waals surface area contributed by atoms with Crippen molar-refractivity contribution in [3.63, 3.8) is 0 Å². The van der Waals surface area contributed by atoms with Gasteiger partial charge in [0.2, 0.25) is 0 Å². The number of aliphatic hydroxyl groups is 1. The fraction of sp³-hybridized carbons (Fsp3) is 0.478. The van der Waals surface area contributed by atoms with E-state index < -0.39 is 0 Å². The first-order chi connectivity index (χ1) is 14.6. The molecule has 0 unspecified atom stereocenters. The van der Waals surface area contributed by atoms with E-state index in [-0.39, 0.29) is 24.2 Å². The average molecular weight is 419 g/mol. The number of nitrogens with zero attached hydrogens (tertiary/aromatic N) is 2. The first-order valence-electron chi connectivity index (χ1n) is 10.2. The Morgan fingerprint density at radius 1 is 0.933 bits per heavy atom. The van der Waals surface area contributed by atoms with Gasteiger partial charge in [0.1, 0.15) is 11.5 Å². The minimum atomic E-state index is -0.349. The van der Waals surface area contributed by atoms with Gasteiger partial charge >= 0.3 is 0 Å². The first kappa shape index (κ1) is 22.3. The molecule has 30 heavy (non-hydrogen) atoms. The van der Waals surface area contributed by atoms with Crippen LogP contribution in [0.25, 0.3) is 0 Å². The third-order valence-corrected chi connectivity index (χ3v) is 5.57. The highest BCUT2D eigenvalue weighted by Crippen LogP contribution is 2.26. The van der Waals surface area contributed by atoms with E-state index >= 15 is 0 Å². The molecule has 7 heteroatoms. The molecule has 1 aliphatic heterocycles. The van der Waals surface area contributed by atoms with Crippen molar-refractivity contribution < 1.29 is 23.7 Å². The monoisotopic (exact) mass is 418 g/mol. The van der Waals surface area contributed by atoms with Crippen LogP contribution in [-0.2, 0) is 13.1 Å². The molecule has 0 aliphatic carbocycles. The lowest BCUT2D eigenvalue weighted by atomic mass is 10.1. The number of hydrogen-bond acceptors (Lipinski definition) is 6. The van der Waals surface area contributed by atoms with Crippen LogP contribution in [0.4, 0.5) is 4.39 Å². The van der Waals surface area contributed by atoms with Gasteiger partial charge in [-0.2, -0.15) is 0 Å². The molecule has 6 nitrogen and oxygen atoms in total. The molecular weight excluding hydrogens is 387 g/mol. The van der Waals surface area contributed by atoms with Crippen LogP contribution in [0.5, 0.6) is 17.2 Å². The highest BCUT2D eigenvalue weighted by Gasteiger charge is 2.27. The van der Waals surface area contributed by atoms with E-state index in [1.54, 1.807) is 26.4 Å². The molecule has 1 N–H and O–H groups in total. The Hall–Kier alpha value is -2.35. The van der Waals surface area contributed by atoms with Gasteiger partial charge in [-0.25, -0.2) is 4.39 Å². The molecule has 1 atom stereocenters. The number of ether oxygens (including phenoxy) is 3. The minimum Gasteiger partial charge on any atom is -0.497 e. The highest BCUT2D eigenvalue weighted by atomic mass is 19.1. The Bertz CT molecular complexity index is 811. The van der Waals surface area contributed by atoms with Crippen LogP contribution in [-0.4, -0.2) is 68.5 Å². The molecule has 0 bridgehead atoms. The zero-order valence-corrected chi connectivity index (χ0v) is 17.9. The van der Waals surface area contributed by atoms with Gasteiger partial charge in [0.15, 0.2) is 11.6 Å². The molecule has 1 aliphatic rings. The van der Waals surface area contributed by atoms with Gasteiger partial charge in [-0.15, -0.1) is 0 Å². The zero-order chi connectivity index (χ0) is 21.5. The summed E-state index contributed by atoms with van der Waals surface area (Å²) < 4.78 is 29.6. The number of methoxy groups -OCH3 is 3. The van der Waals surface area contributed by atoms with Gasteiger partial charge in [-0.3, -0.25) is 9.80 Å². The van der Waals surface area contributed by atoms with Crippen LogP contribution in [0.1, 0.15) is 17.5 Å². The third-order valence-electron chi connectivity index (χ3n) is 5.57. The molecule has 0 amide bonds. The molecule has 1 heterocycles. The second-order valence-corrected chi connectivity index (χ2v) is 7.56. The Balaban J connectivity index is 1.68. The SMILES string of the molecule is COc1cc(CN2CCN(Cc3ccc(F)c(OC)c3)C[C@@H]2CCO)cc(OC)c1. The quantitative estimate of drug-likeness (QED) is 0.676. The summed E-state index contributed by atoms with van der Waals surface area (Å²) in [7, 11) is 4.78. The largest absolute Gasteiger partial charge is 0.497 e. The Kier molecular flexibility index (Phi) is 7.90. The van der Waals surface area contributed by atoms with Crippen molar-refractivity contribution in [3.8, 4) is 17.2 Å². The summed E-state index contributed by atoms with van der Waals surface area (Å²) in [5.41, 5.74) is 2.13. The molecule has 0 radical (unpaired) electrons. The van der Waals surface area contributed by atoms with Crippen LogP contribution in [0.3, 0.4) is 0 Å². The summed E-state index contributed by atoms with van der Waals surface area (Å²) >= 11 is 0. The van der Waals surface area contributed by atoms with Crippen molar-refractivity contribution in [2.75, 3.05) is 47.6 Å². The Morgan fingerprint density at radius 2 is 1.67 bits per heavy atom. The van der Waals surface area contributed by atoms with E-state index in [1.165, 1.54) is 13.2 Å². The summed E-state index contributed by atoms with van der Waals surface area (Å²) in [6.07, 6.45) is 0.699. The number of piperazine rings is 1. The predicted molar refractivity (Wildman–Crippen MR) is 114 cm³/mol. The molecular formula is C23H31FN2O4. The van der Waals surface area contributed by atoms with Crippen molar-refractivity contribution in [1.82, 2.24) is 9.80 Å². The van der Waals surface area contributed by atoms with Crippen LogP contribution in [0.15, 0.2) is 36.4 Å². The lowest BCUT2D eigenvalue weighted by molar-refractivity contribution is 0.0498. The number of halogens is 1. The smallest absolute Gasteiger partial charge is 0.165 e. The molecule has 1 saturated heterocycles. The first-order valence-corrected chi connectivity index (χ1v) is 10.2. The maximum atomic E-state index is 13.7. The fourth-order valence-corrected chi connectivity index (χ4v) is 3.98. The topological polar surface area (TPSA) is 54.4 Å². The van der Waals surface area contributed by atoms with E-state index in [1.807, 2.05) is 18.2 Å². The second kappa shape index (κ2) is 10.6. The summed E-state index contributed by atoms with van der Waals surface area (Å²) in [4.78, 5) is 4.74. The van der Waals surface area contributed by atoms with Crippen molar-refractivity contribution in [3.05, 3.63) is 53.3 Å². The predicted octanol–water partition coefficient (Wildman–Crippen LogP) is 2.92. The Morgan fingerprint density at radius 3 is 2.30 bits per heavy atom. The maximum Gasteiger partial charge on any atom is 0.165 e. The Labute approximate surface area is 177 Å². The molecule has 2 aromatic carbocycles. The van der Waals surface area contributed by atoms with Crippen LogP contribution < -0.4 is 14.2 Å². The summed E-state index contributed by atoms with van der Waals surface area (Å²) in [6.45, 7) is 4.23. The van der Waals surface area contributed by atoms with Gasteiger partial charge in [0.05, 0.1) is 21.3 Å². The average Bonchev–Trinajstić information content (AvgIpc) is 2.76. The van der Waals surface area contributed by atoms with Gasteiger partial charge in [0, 0.05) is 51.4 Å². The number of hydrogen-bond donors (Lipinski definition) is 1. The molecule has 2 aromatic rings. The molecule has 0 saturated carbocycles. The van der Waals surface area contributed by atoms with Gasteiger partial charge in [-0.1, -0.05) is 6.07 Å². The van der Waals surface area contributed by atoms with E-state index in [2.05, 4.69) is 9.80 Å². The van der Waals surface area contributed by atoms with Crippen LogP contribution >= 0.6 is 0 Å². The van der Waals surface area contributed by atoms with Crippen molar-refractivity contribution in [1.29, 1.82) is 0 Å². The zero-order valence-electron chi connectivity index (χ0n) is 17.9. The van der Waals surface area contributed by atoms with Crippen molar-refractivity contribution in [2.45, 2.75) is 25.6 Å². The molecule has 1 fully saturated rings.